The van der Waals surface area contributed by atoms with Crippen LogP contribution in [0, 0.1) is 5.82 Å². The summed E-state index contributed by atoms with van der Waals surface area (Å²) in [5.41, 5.74) is 0.417. The van der Waals surface area contributed by atoms with Gasteiger partial charge in [0, 0.05) is 11.6 Å². The van der Waals surface area contributed by atoms with Crippen molar-refractivity contribution in [3.05, 3.63) is 29.6 Å². The van der Waals surface area contributed by atoms with Crippen molar-refractivity contribution in [2.75, 3.05) is 6.54 Å². The topological polar surface area (TPSA) is 32.3 Å². The van der Waals surface area contributed by atoms with Crippen molar-refractivity contribution in [3.8, 4) is 5.75 Å². The summed E-state index contributed by atoms with van der Waals surface area (Å²) in [5.74, 6) is -0.265. The van der Waals surface area contributed by atoms with Crippen molar-refractivity contribution in [1.82, 2.24) is 5.32 Å². The third-order valence-electron chi connectivity index (χ3n) is 2.44. The van der Waals surface area contributed by atoms with Crippen LogP contribution in [-0.4, -0.2) is 11.7 Å². The Morgan fingerprint density at radius 3 is 2.92 bits per heavy atom. The molecule has 0 aliphatic carbocycles. The van der Waals surface area contributed by atoms with Gasteiger partial charge in [-0.2, -0.15) is 0 Å². The smallest absolute Gasteiger partial charge is 0.131 e. The van der Waals surface area contributed by atoms with E-state index in [1.54, 1.807) is 0 Å². The zero-order chi connectivity index (χ0) is 9.26. The molecular formula is C10H12FNO. The molecule has 1 aliphatic rings. The largest absolute Gasteiger partial charge is 0.508 e. The van der Waals surface area contributed by atoms with E-state index in [1.165, 1.54) is 18.2 Å². The van der Waals surface area contributed by atoms with Crippen molar-refractivity contribution >= 4 is 0 Å². The molecule has 13 heavy (non-hydrogen) atoms. The van der Waals surface area contributed by atoms with Crippen molar-refractivity contribution in [2.24, 2.45) is 0 Å². The van der Waals surface area contributed by atoms with Gasteiger partial charge in [-0.05, 0) is 31.5 Å². The highest BCUT2D eigenvalue weighted by molar-refractivity contribution is 5.36. The number of rotatable bonds is 1. The second-order valence-corrected chi connectivity index (χ2v) is 3.32. The monoisotopic (exact) mass is 181 g/mol. The van der Waals surface area contributed by atoms with Gasteiger partial charge in [-0.15, -0.1) is 0 Å². The summed E-state index contributed by atoms with van der Waals surface area (Å²) in [7, 11) is 0. The first-order valence-electron chi connectivity index (χ1n) is 4.50. The van der Waals surface area contributed by atoms with Gasteiger partial charge in [0.05, 0.1) is 0 Å². The van der Waals surface area contributed by atoms with Crippen LogP contribution in [0.25, 0.3) is 0 Å². The number of hydrogen-bond acceptors (Lipinski definition) is 2. The molecule has 0 bridgehead atoms. The molecule has 2 nitrogen and oxygen atoms in total. The molecule has 1 atom stereocenters. The minimum atomic E-state index is -0.320. The maximum Gasteiger partial charge on any atom is 0.131 e. The van der Waals surface area contributed by atoms with Gasteiger partial charge < -0.3 is 10.4 Å². The van der Waals surface area contributed by atoms with Crippen LogP contribution in [0.3, 0.4) is 0 Å². The van der Waals surface area contributed by atoms with Crippen molar-refractivity contribution in [3.63, 3.8) is 0 Å². The van der Waals surface area contributed by atoms with Crippen molar-refractivity contribution in [1.29, 1.82) is 0 Å². The van der Waals surface area contributed by atoms with E-state index in [9.17, 15) is 9.50 Å². The van der Waals surface area contributed by atoms with Gasteiger partial charge in [-0.1, -0.05) is 6.07 Å². The lowest BCUT2D eigenvalue weighted by molar-refractivity contribution is 0.443. The summed E-state index contributed by atoms with van der Waals surface area (Å²) in [6.45, 7) is 0.901. The molecular weight excluding hydrogens is 169 g/mol. The van der Waals surface area contributed by atoms with Crippen LogP contribution in [0.2, 0.25) is 0 Å². The molecule has 0 radical (unpaired) electrons. The SMILES string of the molecule is Oc1cccc(F)c1C1CCCN1. The van der Waals surface area contributed by atoms with E-state index in [1.807, 2.05) is 0 Å². The quantitative estimate of drug-likeness (QED) is 0.694. The van der Waals surface area contributed by atoms with E-state index in [4.69, 9.17) is 0 Å². The minimum Gasteiger partial charge on any atom is -0.508 e. The molecule has 70 valence electrons. The third-order valence-corrected chi connectivity index (χ3v) is 2.44. The number of phenols is 1. The Morgan fingerprint density at radius 2 is 2.31 bits per heavy atom. The fraction of sp³-hybridized carbons (Fsp3) is 0.400. The second kappa shape index (κ2) is 3.34. The van der Waals surface area contributed by atoms with E-state index in [2.05, 4.69) is 5.32 Å². The lowest BCUT2D eigenvalue weighted by Crippen LogP contribution is -2.14. The normalized spacial score (nSPS) is 22.1. The van der Waals surface area contributed by atoms with Crippen molar-refractivity contribution in [2.45, 2.75) is 18.9 Å². The lowest BCUT2D eigenvalue weighted by Gasteiger charge is -2.12. The number of aromatic hydroxyl groups is 1. The van der Waals surface area contributed by atoms with Crippen LogP contribution >= 0.6 is 0 Å². The summed E-state index contributed by atoms with van der Waals surface area (Å²) in [6.07, 6.45) is 1.94. The number of phenolic OH excluding ortho intramolecular Hbond substituents is 1. The molecule has 2 N–H and O–H groups in total. The van der Waals surface area contributed by atoms with Crippen LogP contribution in [0.15, 0.2) is 18.2 Å². The highest BCUT2D eigenvalue weighted by Crippen LogP contribution is 2.31. The Labute approximate surface area is 76.4 Å². The number of benzene rings is 1. The van der Waals surface area contributed by atoms with Crippen LogP contribution in [0.5, 0.6) is 5.75 Å². The molecule has 1 aromatic rings. The maximum absolute atomic E-state index is 13.3. The number of nitrogens with one attached hydrogen (secondary N) is 1. The first-order chi connectivity index (χ1) is 6.29. The van der Waals surface area contributed by atoms with E-state index in [-0.39, 0.29) is 17.6 Å². The molecule has 0 spiro atoms. The van der Waals surface area contributed by atoms with E-state index in [0.717, 1.165) is 19.4 Å². The summed E-state index contributed by atoms with van der Waals surface area (Å²) >= 11 is 0. The molecule has 1 aromatic carbocycles. The molecule has 0 saturated carbocycles. The fourth-order valence-electron chi connectivity index (χ4n) is 1.80. The zero-order valence-electron chi connectivity index (χ0n) is 7.26. The van der Waals surface area contributed by atoms with E-state index >= 15 is 0 Å². The number of hydrogen-bond donors (Lipinski definition) is 2. The highest BCUT2D eigenvalue weighted by atomic mass is 19.1. The summed E-state index contributed by atoms with van der Waals surface area (Å²) in [5, 5.41) is 12.6. The lowest BCUT2D eigenvalue weighted by atomic mass is 10.0. The molecule has 1 saturated heterocycles. The first-order valence-corrected chi connectivity index (χ1v) is 4.50. The van der Waals surface area contributed by atoms with Gasteiger partial charge >= 0.3 is 0 Å². The molecule has 0 amide bonds. The molecule has 1 fully saturated rings. The Bertz CT molecular complexity index is 288. The molecule has 1 heterocycles. The fourth-order valence-corrected chi connectivity index (χ4v) is 1.80. The zero-order valence-corrected chi connectivity index (χ0v) is 7.26. The number of halogens is 1. The standard InChI is InChI=1S/C10H12FNO/c11-7-3-1-5-9(13)10(7)8-4-2-6-12-8/h1,3,5,8,12-13H,2,4,6H2. The predicted octanol–water partition coefficient (Wildman–Crippen LogP) is 1.96. The molecule has 1 aliphatic heterocycles. The van der Waals surface area contributed by atoms with Crippen LogP contribution in [-0.2, 0) is 0 Å². The highest BCUT2D eigenvalue weighted by Gasteiger charge is 2.22. The van der Waals surface area contributed by atoms with Gasteiger partial charge in [0.1, 0.15) is 11.6 Å². The van der Waals surface area contributed by atoms with Crippen molar-refractivity contribution < 1.29 is 9.50 Å². The van der Waals surface area contributed by atoms with E-state index in [0.29, 0.717) is 5.56 Å². The average Bonchev–Trinajstić information content (AvgIpc) is 2.57. The van der Waals surface area contributed by atoms with Gasteiger partial charge in [-0.3, -0.25) is 0 Å². The Balaban J connectivity index is 2.37. The Morgan fingerprint density at radius 1 is 1.46 bits per heavy atom. The van der Waals surface area contributed by atoms with Gasteiger partial charge in [0.15, 0.2) is 0 Å². The van der Waals surface area contributed by atoms with Gasteiger partial charge in [-0.25, -0.2) is 4.39 Å². The molecule has 2 rings (SSSR count). The van der Waals surface area contributed by atoms with Gasteiger partial charge in [0.25, 0.3) is 0 Å². The predicted molar refractivity (Wildman–Crippen MR) is 48.0 cm³/mol. The van der Waals surface area contributed by atoms with Gasteiger partial charge in [0.2, 0.25) is 0 Å². The van der Waals surface area contributed by atoms with E-state index < -0.39 is 0 Å². The summed E-state index contributed by atoms with van der Waals surface area (Å²) in [4.78, 5) is 0. The molecule has 1 unspecified atom stereocenters. The third kappa shape index (κ3) is 1.52. The summed E-state index contributed by atoms with van der Waals surface area (Å²) in [6, 6.07) is 4.41. The van der Waals surface area contributed by atoms with Crippen LogP contribution in [0.1, 0.15) is 24.4 Å². The average molecular weight is 181 g/mol. The first kappa shape index (κ1) is 8.51. The Kier molecular flexibility index (Phi) is 2.19. The minimum absolute atomic E-state index is 0.0128. The Hall–Kier alpha value is -1.09. The van der Waals surface area contributed by atoms with Crippen LogP contribution < -0.4 is 5.32 Å². The molecule has 0 aromatic heterocycles. The van der Waals surface area contributed by atoms with Crippen LogP contribution in [0.4, 0.5) is 4.39 Å². The second-order valence-electron chi connectivity index (χ2n) is 3.32. The summed E-state index contributed by atoms with van der Waals surface area (Å²) < 4.78 is 13.3. The maximum atomic E-state index is 13.3. The molecule has 3 heteroatoms.